The van der Waals surface area contributed by atoms with E-state index >= 15 is 4.39 Å². The summed E-state index contributed by atoms with van der Waals surface area (Å²) in [5.41, 5.74) is 8.96. The summed E-state index contributed by atoms with van der Waals surface area (Å²) in [4.78, 5) is 0. The Morgan fingerprint density at radius 1 is 0.806 bits per heavy atom. The van der Waals surface area contributed by atoms with Gasteiger partial charge >= 0.3 is 0 Å². The van der Waals surface area contributed by atoms with Crippen molar-refractivity contribution in [2.24, 2.45) is 7.05 Å². The van der Waals surface area contributed by atoms with E-state index in [1.807, 2.05) is 25.2 Å². The highest BCUT2D eigenvalue weighted by molar-refractivity contribution is 6.12. The molecule has 0 bridgehead atoms. The molecule has 0 fully saturated rings. The maximum absolute atomic E-state index is 15.6. The van der Waals surface area contributed by atoms with E-state index in [2.05, 4.69) is 81.8 Å². The largest absolute Gasteiger partial charge is 0.448 e. The molecular formula is C33H33FNO+. The highest BCUT2D eigenvalue weighted by Gasteiger charge is 2.37. The molecule has 0 unspecified atom stereocenters. The Bertz CT molecular complexity index is 1670. The van der Waals surface area contributed by atoms with E-state index in [1.54, 1.807) is 6.07 Å². The first-order valence-corrected chi connectivity index (χ1v) is 12.8. The van der Waals surface area contributed by atoms with Gasteiger partial charge in [-0.3, -0.25) is 0 Å². The molecule has 5 aromatic rings. The van der Waals surface area contributed by atoms with Gasteiger partial charge in [-0.2, -0.15) is 4.57 Å². The molecule has 3 heteroatoms. The van der Waals surface area contributed by atoms with Crippen LogP contribution in [0.15, 0.2) is 71.3 Å². The summed E-state index contributed by atoms with van der Waals surface area (Å²) in [6, 6.07) is 20.3. The standard InChI is InChI=1S/C33H33FNO/c1-20-9-7-8-10-22(20)29-31-24(15-18-35(29)6)23-12-14-27(34)28(30(23)36-31)21-11-13-25-26(19-21)33(4,5)17-16-32(25,2)3/h7-15,18-19H,16-17H2,1-6H3/q+1. The van der Waals surface area contributed by atoms with Gasteiger partial charge in [0.15, 0.2) is 6.20 Å². The zero-order chi connectivity index (χ0) is 25.4. The maximum atomic E-state index is 15.6. The van der Waals surface area contributed by atoms with E-state index < -0.39 is 0 Å². The summed E-state index contributed by atoms with van der Waals surface area (Å²) >= 11 is 0. The number of rotatable bonds is 2. The molecule has 0 N–H and O–H groups in total. The number of pyridine rings is 1. The molecule has 3 aromatic carbocycles. The van der Waals surface area contributed by atoms with Crippen molar-refractivity contribution in [2.45, 2.75) is 58.3 Å². The number of hydrogen-bond donors (Lipinski definition) is 0. The number of halogens is 1. The highest BCUT2D eigenvalue weighted by atomic mass is 19.1. The molecule has 0 saturated heterocycles. The molecule has 2 aromatic heterocycles. The van der Waals surface area contributed by atoms with E-state index in [0.29, 0.717) is 11.1 Å². The number of benzene rings is 3. The van der Waals surface area contributed by atoms with Crippen LogP contribution in [-0.4, -0.2) is 0 Å². The summed E-state index contributed by atoms with van der Waals surface area (Å²) in [7, 11) is 2.03. The van der Waals surface area contributed by atoms with Crippen molar-refractivity contribution < 1.29 is 13.4 Å². The SMILES string of the molecule is Cc1ccccc1-c1c2oc3c(-c4ccc5c(c4)C(C)(C)CCC5(C)C)c(F)ccc3c2cc[n+]1C. The maximum Gasteiger partial charge on any atom is 0.256 e. The lowest BCUT2D eigenvalue weighted by molar-refractivity contribution is -0.659. The number of nitrogens with zero attached hydrogens (tertiary/aromatic N) is 1. The van der Waals surface area contributed by atoms with Gasteiger partial charge in [0.25, 0.3) is 5.69 Å². The van der Waals surface area contributed by atoms with E-state index in [1.165, 1.54) is 16.7 Å². The fourth-order valence-corrected chi connectivity index (χ4v) is 6.08. The second-order valence-electron chi connectivity index (χ2n) is 11.8. The molecule has 0 radical (unpaired) electrons. The Balaban J connectivity index is 1.65. The molecule has 0 atom stereocenters. The van der Waals surface area contributed by atoms with E-state index in [-0.39, 0.29) is 16.6 Å². The third-order valence-electron chi connectivity index (χ3n) is 8.42. The van der Waals surface area contributed by atoms with E-state index in [4.69, 9.17) is 4.42 Å². The molecular weight excluding hydrogens is 445 g/mol. The number of aryl methyl sites for hydroxylation is 2. The van der Waals surface area contributed by atoms with Crippen LogP contribution in [0.25, 0.3) is 44.3 Å². The second-order valence-corrected chi connectivity index (χ2v) is 11.8. The molecule has 182 valence electrons. The molecule has 0 spiro atoms. The van der Waals surface area contributed by atoms with Crippen LogP contribution in [0.2, 0.25) is 0 Å². The fourth-order valence-electron chi connectivity index (χ4n) is 6.08. The fraction of sp³-hybridized carbons (Fsp3) is 0.303. The summed E-state index contributed by atoms with van der Waals surface area (Å²) in [5, 5.41) is 1.94. The molecule has 1 aliphatic carbocycles. The molecule has 0 aliphatic heterocycles. The lowest BCUT2D eigenvalue weighted by Gasteiger charge is -2.42. The van der Waals surface area contributed by atoms with Crippen LogP contribution in [0.1, 0.15) is 57.2 Å². The summed E-state index contributed by atoms with van der Waals surface area (Å²) in [6.07, 6.45) is 4.33. The number of furan rings is 1. The second kappa shape index (κ2) is 7.77. The number of hydrogen-bond acceptors (Lipinski definition) is 1. The Morgan fingerprint density at radius 2 is 1.50 bits per heavy atom. The van der Waals surface area contributed by atoms with Gasteiger partial charge in [0.2, 0.25) is 5.58 Å². The normalized spacial score (nSPS) is 16.4. The number of aromatic nitrogens is 1. The Morgan fingerprint density at radius 3 is 2.25 bits per heavy atom. The summed E-state index contributed by atoms with van der Waals surface area (Å²) in [6.45, 7) is 11.3. The molecule has 0 saturated carbocycles. The average Bonchev–Trinajstić information content (AvgIpc) is 3.21. The zero-order valence-corrected chi connectivity index (χ0v) is 22.0. The topological polar surface area (TPSA) is 17.0 Å². The molecule has 36 heavy (non-hydrogen) atoms. The smallest absolute Gasteiger partial charge is 0.256 e. The van der Waals surface area contributed by atoms with Crippen LogP contribution >= 0.6 is 0 Å². The van der Waals surface area contributed by atoms with E-state index in [9.17, 15) is 0 Å². The van der Waals surface area contributed by atoms with Crippen LogP contribution in [-0.2, 0) is 17.9 Å². The van der Waals surface area contributed by atoms with Crippen molar-refractivity contribution in [3.05, 3.63) is 89.4 Å². The van der Waals surface area contributed by atoms with Crippen molar-refractivity contribution >= 4 is 21.9 Å². The van der Waals surface area contributed by atoms with Gasteiger partial charge in [-0.15, -0.1) is 0 Å². The number of fused-ring (bicyclic) bond motifs is 4. The summed E-state index contributed by atoms with van der Waals surface area (Å²) < 4.78 is 24.3. The third-order valence-corrected chi connectivity index (χ3v) is 8.42. The van der Waals surface area contributed by atoms with Crippen molar-refractivity contribution in [2.75, 3.05) is 0 Å². The first-order valence-electron chi connectivity index (χ1n) is 12.8. The van der Waals surface area contributed by atoms with Gasteiger partial charge < -0.3 is 4.42 Å². The zero-order valence-electron chi connectivity index (χ0n) is 22.0. The first kappa shape index (κ1) is 23.0. The van der Waals surface area contributed by atoms with Gasteiger partial charge in [-0.1, -0.05) is 64.1 Å². The highest BCUT2D eigenvalue weighted by Crippen LogP contribution is 2.48. The van der Waals surface area contributed by atoms with Gasteiger partial charge in [0.05, 0.1) is 11.1 Å². The van der Waals surface area contributed by atoms with Crippen LogP contribution in [0, 0.1) is 12.7 Å². The van der Waals surface area contributed by atoms with Crippen molar-refractivity contribution in [3.63, 3.8) is 0 Å². The summed E-state index contributed by atoms with van der Waals surface area (Å²) in [5.74, 6) is -0.254. The molecule has 6 rings (SSSR count). The van der Waals surface area contributed by atoms with Crippen molar-refractivity contribution in [1.29, 1.82) is 0 Å². The van der Waals surface area contributed by atoms with Crippen LogP contribution in [0.4, 0.5) is 4.39 Å². The molecule has 2 nitrogen and oxygen atoms in total. The Labute approximate surface area is 212 Å². The van der Waals surface area contributed by atoms with Gasteiger partial charge in [-0.05, 0) is 71.0 Å². The van der Waals surface area contributed by atoms with Crippen molar-refractivity contribution in [1.82, 2.24) is 0 Å². The first-order chi connectivity index (χ1) is 17.1. The average molecular weight is 479 g/mol. The quantitative estimate of drug-likeness (QED) is 0.232. The minimum absolute atomic E-state index is 0.0465. The van der Waals surface area contributed by atoms with Crippen LogP contribution < -0.4 is 4.57 Å². The Hall–Kier alpha value is -3.46. The van der Waals surface area contributed by atoms with Gasteiger partial charge in [-0.25, -0.2) is 4.39 Å². The minimum atomic E-state index is -0.254. The van der Waals surface area contributed by atoms with Gasteiger partial charge in [0.1, 0.15) is 18.4 Å². The minimum Gasteiger partial charge on any atom is -0.448 e. The van der Waals surface area contributed by atoms with Crippen LogP contribution in [0.5, 0.6) is 0 Å². The predicted molar refractivity (Wildman–Crippen MR) is 146 cm³/mol. The Kier molecular flexibility index (Phi) is 4.96. The van der Waals surface area contributed by atoms with E-state index in [0.717, 1.165) is 46.0 Å². The predicted octanol–water partition coefficient (Wildman–Crippen LogP) is 8.54. The van der Waals surface area contributed by atoms with Gasteiger partial charge in [0, 0.05) is 16.8 Å². The van der Waals surface area contributed by atoms with Crippen LogP contribution in [0.3, 0.4) is 0 Å². The monoisotopic (exact) mass is 478 g/mol. The molecule has 2 heterocycles. The lowest BCUT2D eigenvalue weighted by atomic mass is 9.63. The lowest BCUT2D eigenvalue weighted by Crippen LogP contribution is -2.33. The van der Waals surface area contributed by atoms with Crippen molar-refractivity contribution in [3.8, 4) is 22.4 Å². The molecule has 1 aliphatic rings. The molecule has 0 amide bonds. The third kappa shape index (κ3) is 3.32.